The lowest BCUT2D eigenvalue weighted by molar-refractivity contribution is 0.874. The molecule has 1 aromatic carbocycles. The summed E-state index contributed by atoms with van der Waals surface area (Å²) < 4.78 is 0. The Morgan fingerprint density at radius 2 is 1.94 bits per heavy atom. The fraction of sp³-hybridized carbons (Fsp3) is 0.333. The number of anilines is 1. The van der Waals surface area contributed by atoms with Crippen LogP contribution in [0, 0.1) is 6.92 Å². The maximum Gasteiger partial charge on any atom is 0.0388 e. The van der Waals surface area contributed by atoms with Gasteiger partial charge in [-0.25, -0.2) is 0 Å². The normalized spacial score (nSPS) is 14.8. The van der Waals surface area contributed by atoms with Crippen molar-refractivity contribution in [3.05, 3.63) is 53.6 Å². The number of nitrogens with zero attached hydrogens (tertiary/aromatic N) is 1. The van der Waals surface area contributed by atoms with E-state index in [1.165, 1.54) is 29.7 Å². The van der Waals surface area contributed by atoms with Gasteiger partial charge >= 0.3 is 0 Å². The van der Waals surface area contributed by atoms with Crippen molar-refractivity contribution in [3.63, 3.8) is 0 Å². The van der Waals surface area contributed by atoms with Gasteiger partial charge in [0, 0.05) is 19.3 Å². The summed E-state index contributed by atoms with van der Waals surface area (Å²) in [5, 5.41) is 0. The van der Waals surface area contributed by atoms with E-state index in [0.29, 0.717) is 0 Å². The van der Waals surface area contributed by atoms with Crippen molar-refractivity contribution in [3.8, 4) is 0 Å². The van der Waals surface area contributed by atoms with Gasteiger partial charge in [-0.1, -0.05) is 41.5 Å². The number of aryl methyl sites for hydroxylation is 1. The van der Waals surface area contributed by atoms with Crippen molar-refractivity contribution >= 4 is 5.69 Å². The minimum atomic E-state index is 1.04. The van der Waals surface area contributed by atoms with Crippen molar-refractivity contribution in [2.75, 3.05) is 18.5 Å². The number of allylic oxidation sites excluding steroid dienone is 3. The van der Waals surface area contributed by atoms with E-state index < -0.39 is 0 Å². The zero-order valence-electron chi connectivity index (χ0n) is 10.1. The number of hydrogen-bond acceptors (Lipinski definition) is 1. The van der Waals surface area contributed by atoms with Crippen LogP contribution in [0.2, 0.25) is 0 Å². The molecule has 1 aliphatic rings. The van der Waals surface area contributed by atoms with Crippen LogP contribution in [-0.4, -0.2) is 13.6 Å². The summed E-state index contributed by atoms with van der Waals surface area (Å²) >= 11 is 0. The largest absolute Gasteiger partial charge is 0.371 e. The van der Waals surface area contributed by atoms with Crippen LogP contribution in [-0.2, 0) is 0 Å². The standard InChI is InChI=1S/C15H19N/c1-13-8-10-15(11-9-13)16(2)12-14-6-4-3-5-7-14/h3-4,6,8-11H,5,7,12H2,1-2H3. The topological polar surface area (TPSA) is 3.24 Å². The third-order valence-electron chi connectivity index (χ3n) is 3.02. The highest BCUT2D eigenvalue weighted by molar-refractivity contribution is 5.48. The lowest BCUT2D eigenvalue weighted by atomic mass is 10.0. The van der Waals surface area contributed by atoms with Crippen molar-refractivity contribution < 1.29 is 0 Å². The maximum absolute atomic E-state index is 2.31. The molecule has 0 heterocycles. The van der Waals surface area contributed by atoms with Crippen LogP contribution in [0.3, 0.4) is 0 Å². The Labute approximate surface area is 98.1 Å². The fourth-order valence-electron chi connectivity index (χ4n) is 1.98. The summed E-state index contributed by atoms with van der Waals surface area (Å²) in [5.41, 5.74) is 4.13. The molecular formula is C15H19N. The Balaban J connectivity index is 2.02. The highest BCUT2D eigenvalue weighted by atomic mass is 15.1. The third-order valence-corrected chi connectivity index (χ3v) is 3.02. The van der Waals surface area contributed by atoms with Crippen LogP contribution < -0.4 is 4.90 Å². The molecule has 1 nitrogen and oxygen atoms in total. The molecule has 16 heavy (non-hydrogen) atoms. The quantitative estimate of drug-likeness (QED) is 0.740. The molecule has 0 bridgehead atoms. The minimum absolute atomic E-state index is 1.04. The summed E-state index contributed by atoms with van der Waals surface area (Å²) in [6.07, 6.45) is 9.03. The van der Waals surface area contributed by atoms with Gasteiger partial charge in [0.2, 0.25) is 0 Å². The number of likely N-dealkylation sites (N-methyl/N-ethyl adjacent to an activating group) is 1. The Morgan fingerprint density at radius 1 is 1.19 bits per heavy atom. The van der Waals surface area contributed by atoms with Crippen LogP contribution in [0.15, 0.2) is 48.1 Å². The lowest BCUT2D eigenvalue weighted by Gasteiger charge is -2.22. The first-order valence-corrected chi connectivity index (χ1v) is 5.88. The molecule has 0 amide bonds. The average molecular weight is 213 g/mol. The van der Waals surface area contributed by atoms with Crippen LogP contribution in [0.1, 0.15) is 18.4 Å². The number of rotatable bonds is 3. The van der Waals surface area contributed by atoms with E-state index in [0.717, 1.165) is 6.54 Å². The van der Waals surface area contributed by atoms with Gasteiger partial charge in [-0.2, -0.15) is 0 Å². The predicted octanol–water partition coefficient (Wildman–Crippen LogP) is 3.71. The summed E-state index contributed by atoms with van der Waals surface area (Å²) in [5.74, 6) is 0. The van der Waals surface area contributed by atoms with E-state index >= 15 is 0 Å². The minimum Gasteiger partial charge on any atom is -0.371 e. The monoisotopic (exact) mass is 213 g/mol. The van der Waals surface area contributed by atoms with E-state index in [1.807, 2.05) is 0 Å². The van der Waals surface area contributed by atoms with Crippen molar-refractivity contribution in [1.29, 1.82) is 0 Å². The van der Waals surface area contributed by atoms with Gasteiger partial charge in [0.1, 0.15) is 0 Å². The highest BCUT2D eigenvalue weighted by Gasteiger charge is 2.05. The molecule has 0 aromatic heterocycles. The zero-order valence-corrected chi connectivity index (χ0v) is 10.1. The van der Waals surface area contributed by atoms with E-state index in [-0.39, 0.29) is 0 Å². The van der Waals surface area contributed by atoms with Gasteiger partial charge in [-0.05, 0) is 31.9 Å². The van der Waals surface area contributed by atoms with Gasteiger partial charge in [-0.15, -0.1) is 0 Å². The van der Waals surface area contributed by atoms with E-state index in [1.54, 1.807) is 0 Å². The molecular weight excluding hydrogens is 194 g/mol. The summed E-state index contributed by atoms with van der Waals surface area (Å²) in [7, 11) is 2.16. The summed E-state index contributed by atoms with van der Waals surface area (Å²) in [6.45, 7) is 3.16. The molecule has 0 atom stereocenters. The molecule has 0 radical (unpaired) electrons. The van der Waals surface area contributed by atoms with Crippen LogP contribution in [0.5, 0.6) is 0 Å². The first-order chi connectivity index (χ1) is 7.75. The fourth-order valence-corrected chi connectivity index (χ4v) is 1.98. The van der Waals surface area contributed by atoms with Gasteiger partial charge < -0.3 is 4.90 Å². The Kier molecular flexibility index (Phi) is 3.45. The molecule has 1 aromatic rings. The third kappa shape index (κ3) is 2.75. The smallest absolute Gasteiger partial charge is 0.0388 e. The second-order valence-corrected chi connectivity index (χ2v) is 4.48. The maximum atomic E-state index is 2.31. The molecule has 0 saturated carbocycles. The van der Waals surface area contributed by atoms with Crippen molar-refractivity contribution in [2.45, 2.75) is 19.8 Å². The number of hydrogen-bond donors (Lipinski definition) is 0. The van der Waals surface area contributed by atoms with Gasteiger partial charge in [0.15, 0.2) is 0 Å². The van der Waals surface area contributed by atoms with Crippen molar-refractivity contribution in [1.82, 2.24) is 0 Å². The number of benzene rings is 1. The molecule has 1 aliphatic carbocycles. The van der Waals surface area contributed by atoms with Crippen LogP contribution in [0.25, 0.3) is 0 Å². The molecule has 0 saturated heterocycles. The predicted molar refractivity (Wildman–Crippen MR) is 70.9 cm³/mol. The van der Waals surface area contributed by atoms with Crippen molar-refractivity contribution in [2.24, 2.45) is 0 Å². The Morgan fingerprint density at radius 3 is 2.56 bits per heavy atom. The van der Waals surface area contributed by atoms with E-state index in [9.17, 15) is 0 Å². The summed E-state index contributed by atoms with van der Waals surface area (Å²) in [6, 6.07) is 8.71. The van der Waals surface area contributed by atoms with Gasteiger partial charge in [0.25, 0.3) is 0 Å². The van der Waals surface area contributed by atoms with E-state index in [4.69, 9.17) is 0 Å². The average Bonchev–Trinajstić information content (AvgIpc) is 2.31. The molecule has 84 valence electrons. The Hall–Kier alpha value is -1.50. The van der Waals surface area contributed by atoms with Crippen LogP contribution in [0.4, 0.5) is 5.69 Å². The highest BCUT2D eigenvalue weighted by Crippen LogP contribution is 2.18. The molecule has 0 aliphatic heterocycles. The second kappa shape index (κ2) is 5.02. The van der Waals surface area contributed by atoms with Crippen LogP contribution >= 0.6 is 0 Å². The SMILES string of the molecule is Cc1ccc(N(C)CC2=CC=CCC2)cc1. The van der Waals surface area contributed by atoms with Gasteiger partial charge in [-0.3, -0.25) is 0 Å². The van der Waals surface area contributed by atoms with Gasteiger partial charge in [0.05, 0.1) is 0 Å². The van der Waals surface area contributed by atoms with E-state index in [2.05, 4.69) is 61.4 Å². The summed E-state index contributed by atoms with van der Waals surface area (Å²) in [4.78, 5) is 2.31. The second-order valence-electron chi connectivity index (χ2n) is 4.48. The first kappa shape index (κ1) is 11.0. The molecule has 2 rings (SSSR count). The molecule has 0 fully saturated rings. The lowest BCUT2D eigenvalue weighted by Crippen LogP contribution is -2.20. The first-order valence-electron chi connectivity index (χ1n) is 5.88. The molecule has 0 unspecified atom stereocenters. The molecule has 1 heteroatoms. The zero-order chi connectivity index (χ0) is 11.4. The Bertz CT molecular complexity index is 398. The molecule has 0 spiro atoms. The molecule has 0 N–H and O–H groups in total.